The van der Waals surface area contributed by atoms with Gasteiger partial charge in [-0.05, 0) is 0 Å². The van der Waals surface area contributed by atoms with Crippen molar-refractivity contribution in [3.63, 3.8) is 0 Å². The average Bonchev–Trinajstić information content (AvgIpc) is 2.31. The van der Waals surface area contributed by atoms with Crippen molar-refractivity contribution in [3.05, 3.63) is 0 Å². The second-order valence-electron chi connectivity index (χ2n) is 3.55. The van der Waals surface area contributed by atoms with Crippen LogP contribution in [0.5, 0.6) is 0 Å². The molecule has 7 nitrogen and oxygen atoms in total. The second kappa shape index (κ2) is 5.07. The van der Waals surface area contributed by atoms with Gasteiger partial charge in [-0.15, -0.1) is 0 Å². The largest absolute Gasteiger partial charge is 0.465 e. The van der Waals surface area contributed by atoms with Gasteiger partial charge in [-0.3, -0.25) is 0 Å². The van der Waals surface area contributed by atoms with Crippen LogP contribution in [0.1, 0.15) is 6.42 Å². The molecule has 16 heavy (non-hydrogen) atoms. The fourth-order valence-corrected chi connectivity index (χ4v) is 1.65. The molecule has 0 aromatic rings. The van der Waals surface area contributed by atoms with Gasteiger partial charge in [0, 0.05) is 13.5 Å². The van der Waals surface area contributed by atoms with Crippen LogP contribution in [0.2, 0.25) is 0 Å². The topological polar surface area (TPSA) is 105 Å². The van der Waals surface area contributed by atoms with Crippen LogP contribution in [0.25, 0.3) is 0 Å². The van der Waals surface area contributed by atoms with Gasteiger partial charge in [0.15, 0.2) is 0 Å². The summed E-state index contributed by atoms with van der Waals surface area (Å²) in [4.78, 5) is 11.5. The Balaban J connectivity index is 2.91. The van der Waals surface area contributed by atoms with Crippen LogP contribution in [0.3, 0.4) is 0 Å². The maximum Gasteiger partial charge on any atom is 0.366 e. The number of rotatable bonds is 3. The summed E-state index contributed by atoms with van der Waals surface area (Å²) in [6.07, 6.45) is -3.85. The highest BCUT2D eigenvalue weighted by molar-refractivity contribution is 5.78. The first-order valence-corrected chi connectivity index (χ1v) is 4.79. The predicted octanol–water partition coefficient (Wildman–Crippen LogP) is -1.99. The van der Waals surface area contributed by atoms with Gasteiger partial charge >= 0.3 is 5.97 Å². The van der Waals surface area contributed by atoms with Gasteiger partial charge in [-0.2, -0.15) is 0 Å². The lowest BCUT2D eigenvalue weighted by Crippen LogP contribution is -2.60. The maximum atomic E-state index is 11.5. The number of methoxy groups -OCH3 is 2. The van der Waals surface area contributed by atoms with E-state index in [-0.39, 0.29) is 6.42 Å². The molecule has 1 rings (SSSR count). The van der Waals surface area contributed by atoms with Gasteiger partial charge < -0.3 is 29.5 Å². The molecule has 3 N–H and O–H groups in total. The molecular weight excluding hydrogens is 220 g/mol. The molecule has 0 spiro atoms. The van der Waals surface area contributed by atoms with Crippen molar-refractivity contribution < 1.29 is 34.3 Å². The highest BCUT2D eigenvalue weighted by Crippen LogP contribution is 2.31. The van der Waals surface area contributed by atoms with Crippen LogP contribution < -0.4 is 0 Å². The number of carbonyl (C=O) groups is 1. The summed E-state index contributed by atoms with van der Waals surface area (Å²) < 4.78 is 14.6. The fourth-order valence-electron chi connectivity index (χ4n) is 1.65. The minimum absolute atomic E-state index is 0.256. The number of aliphatic hydroxyl groups is 3. The Kier molecular flexibility index (Phi) is 4.22. The standard InChI is InChI=1S/C9H16O7/c1-14-8(13)9(15-2)3-5(11)7(12)6(4-10)16-9/h5-7,10-12H,3-4H2,1-2H3/t5-,6-,7+,9?/m1/s1. The molecule has 1 fully saturated rings. The Bertz CT molecular complexity index is 256. The van der Waals surface area contributed by atoms with E-state index < -0.39 is 36.7 Å². The van der Waals surface area contributed by atoms with Crippen molar-refractivity contribution >= 4 is 5.97 Å². The molecule has 0 bridgehead atoms. The van der Waals surface area contributed by atoms with E-state index in [1.54, 1.807) is 0 Å². The van der Waals surface area contributed by atoms with Gasteiger partial charge in [0.1, 0.15) is 12.2 Å². The molecular formula is C9H16O7. The normalized spacial score (nSPS) is 39.4. The number of carbonyl (C=O) groups excluding carboxylic acids is 1. The predicted molar refractivity (Wildman–Crippen MR) is 50.3 cm³/mol. The third-order valence-electron chi connectivity index (χ3n) is 2.60. The van der Waals surface area contributed by atoms with Gasteiger partial charge in [0.2, 0.25) is 0 Å². The van der Waals surface area contributed by atoms with Crippen molar-refractivity contribution in [3.8, 4) is 0 Å². The molecule has 1 aliphatic rings. The summed E-state index contributed by atoms with van der Waals surface area (Å²) in [6.45, 7) is -0.541. The van der Waals surface area contributed by atoms with Crippen molar-refractivity contribution in [2.45, 2.75) is 30.5 Å². The van der Waals surface area contributed by atoms with Crippen LogP contribution in [0.4, 0.5) is 0 Å². The van der Waals surface area contributed by atoms with Gasteiger partial charge in [0.25, 0.3) is 5.79 Å². The second-order valence-corrected chi connectivity index (χ2v) is 3.55. The number of hydrogen-bond donors (Lipinski definition) is 3. The van der Waals surface area contributed by atoms with Gasteiger partial charge in [-0.1, -0.05) is 0 Å². The zero-order valence-electron chi connectivity index (χ0n) is 9.12. The smallest absolute Gasteiger partial charge is 0.366 e. The Labute approximate surface area is 92.5 Å². The molecule has 0 radical (unpaired) electrons. The lowest BCUT2D eigenvalue weighted by atomic mass is 9.95. The Hall–Kier alpha value is -0.730. The highest BCUT2D eigenvalue weighted by atomic mass is 16.7. The first kappa shape index (κ1) is 13.3. The van der Waals surface area contributed by atoms with Crippen molar-refractivity contribution in [2.75, 3.05) is 20.8 Å². The monoisotopic (exact) mass is 236 g/mol. The zero-order chi connectivity index (χ0) is 12.3. The van der Waals surface area contributed by atoms with Crippen LogP contribution in [-0.2, 0) is 19.0 Å². The molecule has 0 aromatic carbocycles. The Morgan fingerprint density at radius 1 is 1.50 bits per heavy atom. The average molecular weight is 236 g/mol. The molecule has 7 heteroatoms. The van der Waals surface area contributed by atoms with E-state index in [9.17, 15) is 15.0 Å². The number of esters is 1. The lowest BCUT2D eigenvalue weighted by molar-refractivity contribution is -0.307. The molecule has 4 atom stereocenters. The van der Waals surface area contributed by atoms with Crippen LogP contribution in [0.15, 0.2) is 0 Å². The molecule has 0 aliphatic carbocycles. The quantitative estimate of drug-likeness (QED) is 0.487. The van der Waals surface area contributed by atoms with E-state index in [1.807, 2.05) is 0 Å². The van der Waals surface area contributed by atoms with E-state index >= 15 is 0 Å². The summed E-state index contributed by atoms with van der Waals surface area (Å²) in [5.41, 5.74) is 0. The first-order chi connectivity index (χ1) is 7.50. The number of hydrogen-bond acceptors (Lipinski definition) is 7. The van der Waals surface area contributed by atoms with E-state index in [4.69, 9.17) is 14.6 Å². The Morgan fingerprint density at radius 2 is 2.12 bits per heavy atom. The van der Waals surface area contributed by atoms with Crippen LogP contribution >= 0.6 is 0 Å². The third-order valence-corrected chi connectivity index (χ3v) is 2.60. The summed E-state index contributed by atoms with van der Waals surface area (Å²) in [6, 6.07) is 0. The summed E-state index contributed by atoms with van der Waals surface area (Å²) in [5.74, 6) is -2.60. The lowest BCUT2D eigenvalue weighted by Gasteiger charge is -2.41. The van der Waals surface area contributed by atoms with E-state index in [2.05, 4.69) is 4.74 Å². The van der Waals surface area contributed by atoms with Crippen LogP contribution in [-0.4, -0.2) is 66.2 Å². The summed E-state index contributed by atoms with van der Waals surface area (Å²) >= 11 is 0. The Morgan fingerprint density at radius 3 is 2.56 bits per heavy atom. The molecule has 0 aromatic heterocycles. The maximum absolute atomic E-state index is 11.5. The fraction of sp³-hybridized carbons (Fsp3) is 0.889. The molecule has 1 heterocycles. The minimum Gasteiger partial charge on any atom is -0.465 e. The summed E-state index contributed by atoms with van der Waals surface area (Å²) in [7, 11) is 2.37. The van der Waals surface area contributed by atoms with E-state index in [0.29, 0.717) is 0 Å². The van der Waals surface area contributed by atoms with E-state index in [0.717, 1.165) is 7.11 Å². The number of aliphatic hydroxyl groups excluding tert-OH is 3. The van der Waals surface area contributed by atoms with Gasteiger partial charge in [0.05, 0.1) is 19.8 Å². The van der Waals surface area contributed by atoms with Crippen molar-refractivity contribution in [1.82, 2.24) is 0 Å². The van der Waals surface area contributed by atoms with Gasteiger partial charge in [-0.25, -0.2) is 4.79 Å². The van der Waals surface area contributed by atoms with E-state index in [1.165, 1.54) is 7.11 Å². The van der Waals surface area contributed by atoms with Crippen molar-refractivity contribution in [1.29, 1.82) is 0 Å². The molecule has 1 unspecified atom stereocenters. The SMILES string of the molecule is COC(=O)C1(OC)C[C@@H](O)[C@H](O)[C@@H](CO)O1. The molecule has 94 valence electrons. The highest BCUT2D eigenvalue weighted by Gasteiger charge is 2.52. The number of ether oxygens (including phenoxy) is 3. The molecule has 0 saturated carbocycles. The molecule has 1 saturated heterocycles. The first-order valence-electron chi connectivity index (χ1n) is 4.79. The summed E-state index contributed by atoms with van der Waals surface area (Å²) in [5, 5.41) is 28.0. The zero-order valence-corrected chi connectivity index (χ0v) is 9.12. The van der Waals surface area contributed by atoms with Crippen LogP contribution in [0, 0.1) is 0 Å². The minimum atomic E-state index is -1.78. The molecule has 0 amide bonds. The third kappa shape index (κ3) is 2.18. The van der Waals surface area contributed by atoms with Crippen molar-refractivity contribution in [2.24, 2.45) is 0 Å². The molecule has 1 aliphatic heterocycles.